The summed E-state index contributed by atoms with van der Waals surface area (Å²) in [4.78, 5) is 35.6. The number of esters is 1. The van der Waals surface area contributed by atoms with Gasteiger partial charge in [0.15, 0.2) is 0 Å². The number of carbonyl (C=O) groups excluding carboxylic acids is 3. The van der Waals surface area contributed by atoms with Gasteiger partial charge in [-0.2, -0.15) is 12.6 Å². The second-order valence-electron chi connectivity index (χ2n) is 7.82. The van der Waals surface area contributed by atoms with Crippen molar-refractivity contribution in [3.8, 4) is 0 Å². The highest BCUT2D eigenvalue weighted by Gasteiger charge is 2.21. The largest absolute Gasteiger partial charge is 0.463 e. The van der Waals surface area contributed by atoms with Crippen molar-refractivity contribution in [2.45, 2.75) is 37.9 Å². The zero-order valence-electron chi connectivity index (χ0n) is 20.8. The minimum absolute atomic E-state index is 0.0366. The lowest BCUT2D eigenvalue weighted by molar-refractivity contribution is -0.146. The van der Waals surface area contributed by atoms with E-state index in [9.17, 15) is 14.4 Å². The molecule has 0 spiro atoms. The van der Waals surface area contributed by atoms with Crippen molar-refractivity contribution >= 4 is 30.5 Å². The number of amides is 1. The van der Waals surface area contributed by atoms with Crippen LogP contribution in [0.15, 0.2) is 0 Å². The molecule has 1 fully saturated rings. The summed E-state index contributed by atoms with van der Waals surface area (Å²) in [6, 6.07) is 0. The molecular weight excluding hydrogens is 482 g/mol. The highest BCUT2D eigenvalue weighted by Crippen LogP contribution is 2.15. The van der Waals surface area contributed by atoms with Crippen LogP contribution in [0.3, 0.4) is 0 Å². The van der Waals surface area contributed by atoms with Crippen LogP contribution in [0.1, 0.15) is 32.6 Å². The van der Waals surface area contributed by atoms with Crippen molar-refractivity contribution < 1.29 is 47.5 Å². The molecule has 0 aromatic heterocycles. The monoisotopic (exact) mass is 523 g/mol. The molecule has 1 rings (SSSR count). The smallest absolute Gasteiger partial charge is 0.409 e. The molecule has 0 saturated carbocycles. The Kier molecular flexibility index (Phi) is 19.7. The predicted octanol–water partition coefficient (Wildman–Crippen LogP) is 1.51. The molecule has 1 heterocycles. The van der Waals surface area contributed by atoms with Crippen LogP contribution in [0.2, 0.25) is 0 Å². The molecular formula is C23H41NO10S. The van der Waals surface area contributed by atoms with Crippen LogP contribution in [0, 0.1) is 0 Å². The highest BCUT2D eigenvalue weighted by atomic mass is 32.1. The molecule has 11 nitrogen and oxygen atoms in total. The normalized spacial score (nSPS) is 14.2. The first-order chi connectivity index (χ1) is 17.0. The molecule has 1 aliphatic rings. The number of hydrogen-bond acceptors (Lipinski definition) is 11. The molecule has 0 unspecified atom stereocenters. The summed E-state index contributed by atoms with van der Waals surface area (Å²) in [6.45, 7) is 7.29. The number of rotatable bonds is 21. The van der Waals surface area contributed by atoms with Crippen molar-refractivity contribution in [3.05, 3.63) is 0 Å². The Labute approximate surface area is 213 Å². The Morgan fingerprint density at radius 3 is 1.49 bits per heavy atom. The van der Waals surface area contributed by atoms with Gasteiger partial charge in [-0.15, -0.1) is 0 Å². The van der Waals surface area contributed by atoms with Gasteiger partial charge in [0.1, 0.15) is 19.0 Å². The van der Waals surface area contributed by atoms with Crippen LogP contribution in [0.4, 0.5) is 4.79 Å². The fraction of sp³-hybridized carbons (Fsp3) is 0.870. The number of hydrogen-bond donors (Lipinski definition) is 1. The van der Waals surface area contributed by atoms with Gasteiger partial charge in [0, 0.05) is 24.8 Å². The lowest BCUT2D eigenvalue weighted by Gasteiger charge is -2.28. The van der Waals surface area contributed by atoms with E-state index >= 15 is 0 Å². The van der Waals surface area contributed by atoms with E-state index in [0.29, 0.717) is 77.8 Å². The summed E-state index contributed by atoms with van der Waals surface area (Å²) in [5.41, 5.74) is 0. The summed E-state index contributed by atoms with van der Waals surface area (Å²) in [7, 11) is 0. The topological polar surface area (TPSA) is 119 Å². The maximum absolute atomic E-state index is 11.9. The second kappa shape index (κ2) is 21.8. The van der Waals surface area contributed by atoms with Gasteiger partial charge in [0.25, 0.3) is 0 Å². The summed E-state index contributed by atoms with van der Waals surface area (Å²) in [5, 5.41) is 0.370. The molecule has 0 aliphatic carbocycles. The van der Waals surface area contributed by atoms with Crippen LogP contribution in [-0.2, 0) is 42.7 Å². The molecule has 1 saturated heterocycles. The SMILES string of the molecule is CC(=O)CCC(=O)OCCOCCOCCOCCOCCOCCOC(=O)N1CCC(S)CC1. The Balaban J connectivity index is 1.72. The maximum Gasteiger partial charge on any atom is 0.409 e. The van der Waals surface area contributed by atoms with Crippen molar-refractivity contribution in [3.63, 3.8) is 0 Å². The van der Waals surface area contributed by atoms with Gasteiger partial charge in [-0.1, -0.05) is 0 Å². The summed E-state index contributed by atoms with van der Waals surface area (Å²) < 4.78 is 37.0. The molecule has 0 radical (unpaired) electrons. The van der Waals surface area contributed by atoms with E-state index in [-0.39, 0.29) is 44.5 Å². The van der Waals surface area contributed by atoms with Gasteiger partial charge < -0.3 is 42.9 Å². The number of Topliss-reactive ketones (excluding diaryl/α,β-unsaturated/α-hetero) is 1. The molecule has 35 heavy (non-hydrogen) atoms. The number of thiol groups is 1. The van der Waals surface area contributed by atoms with Gasteiger partial charge in [0.2, 0.25) is 0 Å². The fourth-order valence-electron chi connectivity index (χ4n) is 2.87. The first kappa shape index (κ1) is 31.6. The number of ether oxygens (including phenoxy) is 7. The molecule has 0 N–H and O–H groups in total. The van der Waals surface area contributed by atoms with Gasteiger partial charge in [-0.05, 0) is 19.8 Å². The van der Waals surface area contributed by atoms with E-state index in [2.05, 4.69) is 12.6 Å². The molecule has 1 aliphatic heterocycles. The summed E-state index contributed by atoms with van der Waals surface area (Å²) in [5.74, 6) is -0.433. The van der Waals surface area contributed by atoms with Crippen molar-refractivity contribution in [1.82, 2.24) is 4.90 Å². The molecule has 0 aromatic rings. The lowest BCUT2D eigenvalue weighted by atomic mass is 10.1. The van der Waals surface area contributed by atoms with Gasteiger partial charge in [-0.3, -0.25) is 4.79 Å². The third-order valence-corrected chi connectivity index (χ3v) is 5.35. The van der Waals surface area contributed by atoms with E-state index < -0.39 is 5.97 Å². The van der Waals surface area contributed by atoms with E-state index in [4.69, 9.17) is 33.2 Å². The fourth-order valence-corrected chi connectivity index (χ4v) is 3.10. The number of carbonyl (C=O) groups is 3. The number of piperidine rings is 1. The van der Waals surface area contributed by atoms with Crippen molar-refractivity contribution in [2.75, 3.05) is 92.4 Å². The summed E-state index contributed by atoms with van der Waals surface area (Å²) >= 11 is 4.41. The first-order valence-electron chi connectivity index (χ1n) is 12.1. The predicted molar refractivity (Wildman–Crippen MR) is 130 cm³/mol. The second-order valence-corrected chi connectivity index (χ2v) is 8.55. The molecule has 0 bridgehead atoms. The van der Waals surface area contributed by atoms with Crippen LogP contribution in [0.25, 0.3) is 0 Å². The standard InChI is InChI=1S/C23H41NO10S/c1-20(25)2-3-22(26)33-18-16-31-14-12-29-10-8-28-9-11-30-13-15-32-17-19-34-23(27)24-6-4-21(35)5-7-24/h21,35H,2-19H2,1H3. The third-order valence-electron chi connectivity index (χ3n) is 4.84. The van der Waals surface area contributed by atoms with Gasteiger partial charge in [-0.25, -0.2) is 4.79 Å². The molecule has 1 amide bonds. The van der Waals surface area contributed by atoms with E-state index in [1.54, 1.807) is 4.90 Å². The minimum atomic E-state index is -0.396. The lowest BCUT2D eigenvalue weighted by Crippen LogP contribution is -2.39. The highest BCUT2D eigenvalue weighted by molar-refractivity contribution is 7.80. The summed E-state index contributed by atoms with van der Waals surface area (Å²) in [6.07, 6.45) is 1.80. The van der Waals surface area contributed by atoms with Crippen molar-refractivity contribution in [2.24, 2.45) is 0 Å². The number of likely N-dealkylation sites (tertiary alicyclic amines) is 1. The molecule has 12 heteroatoms. The van der Waals surface area contributed by atoms with Gasteiger partial charge >= 0.3 is 12.1 Å². The first-order valence-corrected chi connectivity index (χ1v) is 12.6. The Morgan fingerprint density at radius 2 is 1.06 bits per heavy atom. The Hall–Kier alpha value is -1.44. The Morgan fingerprint density at radius 1 is 0.657 bits per heavy atom. The van der Waals surface area contributed by atoms with E-state index in [0.717, 1.165) is 12.8 Å². The quantitative estimate of drug-likeness (QED) is 0.135. The zero-order valence-corrected chi connectivity index (χ0v) is 21.7. The van der Waals surface area contributed by atoms with Crippen LogP contribution in [0.5, 0.6) is 0 Å². The maximum atomic E-state index is 11.9. The van der Waals surface area contributed by atoms with Crippen LogP contribution < -0.4 is 0 Å². The van der Waals surface area contributed by atoms with E-state index in [1.165, 1.54) is 6.92 Å². The molecule has 0 aromatic carbocycles. The third kappa shape index (κ3) is 19.4. The Bertz CT molecular complexity index is 573. The molecule has 204 valence electrons. The number of nitrogens with zero attached hydrogens (tertiary/aromatic N) is 1. The average Bonchev–Trinajstić information content (AvgIpc) is 2.84. The van der Waals surface area contributed by atoms with E-state index in [1.807, 2.05) is 0 Å². The zero-order chi connectivity index (χ0) is 25.6. The average molecular weight is 524 g/mol. The number of ketones is 1. The van der Waals surface area contributed by atoms with Crippen LogP contribution in [-0.4, -0.2) is 120 Å². The van der Waals surface area contributed by atoms with Gasteiger partial charge in [0.05, 0.1) is 72.5 Å². The minimum Gasteiger partial charge on any atom is -0.463 e. The van der Waals surface area contributed by atoms with Crippen LogP contribution >= 0.6 is 12.6 Å². The van der Waals surface area contributed by atoms with Crippen molar-refractivity contribution in [1.29, 1.82) is 0 Å². The molecule has 0 atom stereocenters.